The number of halogens is 3. The number of aromatic nitrogens is 1. The van der Waals surface area contributed by atoms with Crippen molar-refractivity contribution in [3.63, 3.8) is 0 Å². The Morgan fingerprint density at radius 1 is 1.33 bits per heavy atom. The molecule has 0 fully saturated rings. The van der Waals surface area contributed by atoms with Crippen LogP contribution >= 0.6 is 0 Å². The van der Waals surface area contributed by atoms with Crippen LogP contribution in [0.2, 0.25) is 0 Å². The van der Waals surface area contributed by atoms with Gasteiger partial charge in [-0.15, -0.1) is 0 Å². The van der Waals surface area contributed by atoms with Gasteiger partial charge < -0.3 is 10.6 Å². The summed E-state index contributed by atoms with van der Waals surface area (Å²) in [6.45, 7) is 1.52. The fourth-order valence-corrected chi connectivity index (χ4v) is 1.02. The van der Waals surface area contributed by atoms with Crippen LogP contribution in [0.15, 0.2) is 18.3 Å². The zero-order chi connectivity index (χ0) is 11.3. The van der Waals surface area contributed by atoms with Gasteiger partial charge in [0, 0.05) is 24.5 Å². The van der Waals surface area contributed by atoms with Crippen LogP contribution in [-0.2, 0) is 0 Å². The van der Waals surface area contributed by atoms with Gasteiger partial charge in [-0.3, -0.25) is 0 Å². The van der Waals surface area contributed by atoms with Crippen LogP contribution in [0, 0.1) is 0 Å². The van der Waals surface area contributed by atoms with E-state index in [0.717, 1.165) is 0 Å². The Bertz CT molecular complexity index is 312. The maximum Gasteiger partial charge on any atom is 0.405 e. The van der Waals surface area contributed by atoms with Gasteiger partial charge in [0.2, 0.25) is 0 Å². The van der Waals surface area contributed by atoms with E-state index >= 15 is 0 Å². The highest BCUT2D eigenvalue weighted by atomic mass is 19.4. The molecule has 0 spiro atoms. The number of hydrogen-bond acceptors (Lipinski definition) is 3. The second-order valence-corrected chi connectivity index (χ2v) is 2.93. The third kappa shape index (κ3) is 4.53. The van der Waals surface area contributed by atoms with Crippen molar-refractivity contribution in [1.29, 1.82) is 0 Å². The van der Waals surface area contributed by atoms with Crippen LogP contribution in [0.1, 0.15) is 6.92 Å². The van der Waals surface area contributed by atoms with Gasteiger partial charge in [-0.2, -0.15) is 13.2 Å². The van der Waals surface area contributed by atoms with Crippen molar-refractivity contribution in [2.75, 3.05) is 23.7 Å². The lowest BCUT2D eigenvalue weighted by Crippen LogP contribution is -2.21. The maximum atomic E-state index is 11.9. The number of nitrogens with zero attached hydrogens (tertiary/aromatic N) is 1. The standard InChI is InChI=1S/C9H12F3N3/c1-2-13-8-5-7(3-4-14-8)15-6-9(10,11)12/h3-5H,2,6H2,1H3,(H2,13,14,15). The third-order valence-electron chi connectivity index (χ3n) is 1.61. The summed E-state index contributed by atoms with van der Waals surface area (Å²) in [6, 6.07) is 3.03. The molecular formula is C9H12F3N3. The Labute approximate surface area is 85.7 Å². The zero-order valence-corrected chi connectivity index (χ0v) is 8.23. The molecule has 0 aliphatic heterocycles. The van der Waals surface area contributed by atoms with Crippen LogP contribution in [0.3, 0.4) is 0 Å². The van der Waals surface area contributed by atoms with E-state index in [1.165, 1.54) is 18.3 Å². The van der Waals surface area contributed by atoms with Gasteiger partial charge in [0.25, 0.3) is 0 Å². The molecule has 0 saturated carbocycles. The molecule has 2 N–H and O–H groups in total. The van der Waals surface area contributed by atoms with Crippen molar-refractivity contribution in [2.45, 2.75) is 13.1 Å². The molecule has 1 rings (SSSR count). The lowest BCUT2D eigenvalue weighted by molar-refractivity contribution is -0.115. The number of pyridine rings is 1. The molecule has 0 atom stereocenters. The summed E-state index contributed by atoms with van der Waals surface area (Å²) in [5, 5.41) is 5.19. The first-order valence-corrected chi connectivity index (χ1v) is 4.52. The van der Waals surface area contributed by atoms with Crippen molar-refractivity contribution in [3.05, 3.63) is 18.3 Å². The lowest BCUT2D eigenvalue weighted by Gasteiger charge is -2.10. The molecule has 15 heavy (non-hydrogen) atoms. The molecule has 6 heteroatoms. The maximum absolute atomic E-state index is 11.9. The SMILES string of the molecule is CCNc1cc(NCC(F)(F)F)ccn1. The lowest BCUT2D eigenvalue weighted by atomic mass is 10.3. The molecule has 0 saturated heterocycles. The fourth-order valence-electron chi connectivity index (χ4n) is 1.02. The molecule has 0 amide bonds. The molecule has 1 aromatic rings. The minimum absolute atomic E-state index is 0.401. The van der Waals surface area contributed by atoms with Crippen molar-refractivity contribution in [3.8, 4) is 0 Å². The van der Waals surface area contributed by atoms with E-state index in [9.17, 15) is 13.2 Å². The Morgan fingerprint density at radius 2 is 2.07 bits per heavy atom. The summed E-state index contributed by atoms with van der Waals surface area (Å²) in [6.07, 6.45) is -2.75. The van der Waals surface area contributed by atoms with Crippen molar-refractivity contribution in [2.24, 2.45) is 0 Å². The summed E-state index contributed by atoms with van der Waals surface area (Å²) >= 11 is 0. The zero-order valence-electron chi connectivity index (χ0n) is 8.23. The second-order valence-electron chi connectivity index (χ2n) is 2.93. The molecule has 1 heterocycles. The average Bonchev–Trinajstić information content (AvgIpc) is 2.15. The molecule has 0 aliphatic rings. The minimum atomic E-state index is -4.21. The minimum Gasteiger partial charge on any atom is -0.376 e. The Hall–Kier alpha value is -1.46. The average molecular weight is 219 g/mol. The van der Waals surface area contributed by atoms with Crippen LogP contribution in [0.4, 0.5) is 24.7 Å². The van der Waals surface area contributed by atoms with Crippen molar-refractivity contribution < 1.29 is 13.2 Å². The van der Waals surface area contributed by atoms with Crippen LogP contribution in [0.5, 0.6) is 0 Å². The van der Waals surface area contributed by atoms with Gasteiger partial charge in [-0.05, 0) is 13.0 Å². The van der Waals surface area contributed by atoms with E-state index in [-0.39, 0.29) is 0 Å². The second kappa shape index (κ2) is 4.86. The highest BCUT2D eigenvalue weighted by Gasteiger charge is 2.26. The van der Waals surface area contributed by atoms with Gasteiger partial charge >= 0.3 is 6.18 Å². The van der Waals surface area contributed by atoms with Gasteiger partial charge in [-0.1, -0.05) is 0 Å². The van der Waals surface area contributed by atoms with Crippen LogP contribution in [0.25, 0.3) is 0 Å². The number of anilines is 2. The predicted octanol–water partition coefficient (Wildman–Crippen LogP) is 2.49. The topological polar surface area (TPSA) is 37.0 Å². The molecule has 0 aromatic carbocycles. The highest BCUT2D eigenvalue weighted by molar-refractivity contribution is 5.51. The summed E-state index contributed by atoms with van der Waals surface area (Å²) in [5.74, 6) is 0.560. The molecule has 84 valence electrons. The summed E-state index contributed by atoms with van der Waals surface area (Å²) in [4.78, 5) is 3.94. The van der Waals surface area contributed by atoms with Gasteiger partial charge in [0.05, 0.1) is 0 Å². The van der Waals surface area contributed by atoms with E-state index in [2.05, 4.69) is 15.6 Å². The van der Waals surface area contributed by atoms with Crippen LogP contribution < -0.4 is 10.6 Å². The number of nitrogens with one attached hydrogen (secondary N) is 2. The molecule has 0 unspecified atom stereocenters. The number of rotatable bonds is 4. The number of hydrogen-bond donors (Lipinski definition) is 2. The summed E-state index contributed by atoms with van der Waals surface area (Å²) < 4.78 is 35.7. The van der Waals surface area contributed by atoms with E-state index in [0.29, 0.717) is 18.1 Å². The fraction of sp³-hybridized carbons (Fsp3) is 0.444. The van der Waals surface area contributed by atoms with Gasteiger partial charge in [0.15, 0.2) is 0 Å². The molecule has 0 bridgehead atoms. The first-order valence-electron chi connectivity index (χ1n) is 4.52. The third-order valence-corrected chi connectivity index (χ3v) is 1.61. The monoisotopic (exact) mass is 219 g/mol. The molecular weight excluding hydrogens is 207 g/mol. The number of alkyl halides is 3. The largest absolute Gasteiger partial charge is 0.405 e. The molecule has 0 radical (unpaired) electrons. The quantitative estimate of drug-likeness (QED) is 0.816. The van der Waals surface area contributed by atoms with Gasteiger partial charge in [-0.25, -0.2) is 4.98 Å². The van der Waals surface area contributed by atoms with E-state index in [1.54, 1.807) is 0 Å². The van der Waals surface area contributed by atoms with E-state index < -0.39 is 12.7 Å². The first kappa shape index (κ1) is 11.6. The summed E-state index contributed by atoms with van der Waals surface area (Å²) in [5.41, 5.74) is 0.401. The molecule has 3 nitrogen and oxygen atoms in total. The first-order chi connectivity index (χ1) is 7.01. The Kier molecular flexibility index (Phi) is 3.76. The van der Waals surface area contributed by atoms with Crippen molar-refractivity contribution >= 4 is 11.5 Å². The van der Waals surface area contributed by atoms with Crippen LogP contribution in [-0.4, -0.2) is 24.2 Å². The highest BCUT2D eigenvalue weighted by Crippen LogP contribution is 2.17. The predicted molar refractivity (Wildman–Crippen MR) is 52.9 cm³/mol. The van der Waals surface area contributed by atoms with E-state index in [1.807, 2.05) is 6.92 Å². The molecule has 1 aromatic heterocycles. The summed E-state index contributed by atoms with van der Waals surface area (Å²) in [7, 11) is 0. The smallest absolute Gasteiger partial charge is 0.376 e. The van der Waals surface area contributed by atoms with Crippen molar-refractivity contribution in [1.82, 2.24) is 4.98 Å². The normalized spacial score (nSPS) is 11.2. The Morgan fingerprint density at radius 3 is 2.67 bits per heavy atom. The van der Waals surface area contributed by atoms with E-state index in [4.69, 9.17) is 0 Å². The van der Waals surface area contributed by atoms with Gasteiger partial charge in [0.1, 0.15) is 12.4 Å². The molecule has 0 aliphatic carbocycles. The Balaban J connectivity index is 2.57.